The first-order valence-electron chi connectivity index (χ1n) is 8.38. The molecule has 0 amide bonds. The summed E-state index contributed by atoms with van der Waals surface area (Å²) in [6.07, 6.45) is 0.707. The van der Waals surface area contributed by atoms with E-state index in [1.54, 1.807) is 6.07 Å². The van der Waals surface area contributed by atoms with Crippen LogP contribution in [0.25, 0.3) is 0 Å². The molecule has 0 atom stereocenters. The lowest BCUT2D eigenvalue weighted by atomic mass is 10.2. The van der Waals surface area contributed by atoms with Crippen LogP contribution >= 0.6 is 27.5 Å². The van der Waals surface area contributed by atoms with Crippen LogP contribution in [0.2, 0.25) is 5.02 Å². The highest BCUT2D eigenvalue weighted by Crippen LogP contribution is 2.37. The Kier molecular flexibility index (Phi) is 8.65. The van der Waals surface area contributed by atoms with E-state index in [0.29, 0.717) is 41.7 Å². The molecule has 0 saturated heterocycles. The van der Waals surface area contributed by atoms with E-state index in [9.17, 15) is 4.39 Å². The van der Waals surface area contributed by atoms with E-state index < -0.39 is 0 Å². The van der Waals surface area contributed by atoms with Gasteiger partial charge in [0.2, 0.25) is 0 Å². The van der Waals surface area contributed by atoms with Gasteiger partial charge in [-0.2, -0.15) is 0 Å². The third kappa shape index (κ3) is 6.13. The highest BCUT2D eigenvalue weighted by molar-refractivity contribution is 9.10. The summed E-state index contributed by atoms with van der Waals surface area (Å²) in [6.45, 7) is 4.16. The predicted molar refractivity (Wildman–Crippen MR) is 104 cm³/mol. The number of benzene rings is 2. The Labute approximate surface area is 166 Å². The smallest absolute Gasteiger partial charge is 0.175 e. The monoisotopic (exact) mass is 445 g/mol. The molecule has 0 heterocycles. The molecule has 26 heavy (non-hydrogen) atoms. The van der Waals surface area contributed by atoms with Crippen molar-refractivity contribution in [1.29, 1.82) is 0 Å². The SMILES string of the molecule is CCOc1cc(CNCCCO)cc(Br)c1OCc1ccc(F)cc1Cl. The van der Waals surface area contributed by atoms with E-state index in [2.05, 4.69) is 21.2 Å². The van der Waals surface area contributed by atoms with Crippen LogP contribution < -0.4 is 14.8 Å². The Morgan fingerprint density at radius 2 is 2.04 bits per heavy atom. The first-order chi connectivity index (χ1) is 12.5. The first kappa shape index (κ1) is 21.0. The van der Waals surface area contributed by atoms with Gasteiger partial charge in [0.1, 0.15) is 12.4 Å². The molecule has 0 spiro atoms. The van der Waals surface area contributed by atoms with Crippen LogP contribution in [0.5, 0.6) is 11.5 Å². The van der Waals surface area contributed by atoms with Crippen LogP contribution in [0.15, 0.2) is 34.8 Å². The van der Waals surface area contributed by atoms with Crippen molar-refractivity contribution in [1.82, 2.24) is 5.32 Å². The number of hydrogen-bond donors (Lipinski definition) is 2. The fourth-order valence-corrected chi connectivity index (χ4v) is 3.18. The van der Waals surface area contributed by atoms with Crippen molar-refractivity contribution >= 4 is 27.5 Å². The van der Waals surface area contributed by atoms with E-state index in [0.717, 1.165) is 16.6 Å². The molecule has 0 aliphatic heterocycles. The minimum atomic E-state index is -0.381. The third-order valence-corrected chi connectivity index (χ3v) is 4.54. The van der Waals surface area contributed by atoms with Crippen LogP contribution in [0.4, 0.5) is 4.39 Å². The number of aliphatic hydroxyl groups is 1. The minimum Gasteiger partial charge on any atom is -0.490 e. The molecule has 0 aliphatic rings. The van der Waals surface area contributed by atoms with Gasteiger partial charge < -0.3 is 19.9 Å². The Balaban J connectivity index is 2.13. The van der Waals surface area contributed by atoms with Crippen LogP contribution in [0.3, 0.4) is 0 Å². The molecule has 142 valence electrons. The quantitative estimate of drug-likeness (QED) is 0.520. The van der Waals surface area contributed by atoms with Crippen molar-refractivity contribution in [3.8, 4) is 11.5 Å². The number of aliphatic hydroxyl groups excluding tert-OH is 1. The lowest BCUT2D eigenvalue weighted by molar-refractivity contribution is 0.267. The van der Waals surface area contributed by atoms with Crippen molar-refractivity contribution in [2.75, 3.05) is 19.8 Å². The van der Waals surface area contributed by atoms with Gasteiger partial charge in [0.15, 0.2) is 11.5 Å². The summed E-state index contributed by atoms with van der Waals surface area (Å²) in [4.78, 5) is 0. The third-order valence-electron chi connectivity index (χ3n) is 3.60. The van der Waals surface area contributed by atoms with Crippen molar-refractivity contribution in [3.63, 3.8) is 0 Å². The lowest BCUT2D eigenvalue weighted by Gasteiger charge is -2.16. The van der Waals surface area contributed by atoms with Gasteiger partial charge in [0.25, 0.3) is 0 Å². The van der Waals surface area contributed by atoms with Crippen molar-refractivity contribution in [2.24, 2.45) is 0 Å². The zero-order chi connectivity index (χ0) is 18.9. The summed E-state index contributed by atoms with van der Waals surface area (Å²) in [5.74, 6) is 0.818. The maximum absolute atomic E-state index is 13.2. The largest absolute Gasteiger partial charge is 0.490 e. The molecule has 0 radical (unpaired) electrons. The van der Waals surface area contributed by atoms with Crippen molar-refractivity contribution in [3.05, 3.63) is 56.8 Å². The predicted octanol–water partition coefficient (Wildman–Crippen LogP) is 4.69. The number of halogens is 3. The second kappa shape index (κ2) is 10.7. The fourth-order valence-electron chi connectivity index (χ4n) is 2.35. The van der Waals surface area contributed by atoms with Crippen molar-refractivity contribution in [2.45, 2.75) is 26.5 Å². The van der Waals surface area contributed by atoms with Gasteiger partial charge in [-0.05, 0) is 65.6 Å². The molecule has 0 aliphatic carbocycles. The van der Waals surface area contributed by atoms with Gasteiger partial charge in [-0.1, -0.05) is 17.7 Å². The topological polar surface area (TPSA) is 50.7 Å². The van der Waals surface area contributed by atoms with Gasteiger partial charge >= 0.3 is 0 Å². The molecule has 7 heteroatoms. The number of ether oxygens (including phenoxy) is 2. The molecular formula is C19H22BrClFNO3. The number of nitrogens with one attached hydrogen (secondary N) is 1. The molecular weight excluding hydrogens is 425 g/mol. The van der Waals surface area contributed by atoms with Crippen molar-refractivity contribution < 1.29 is 19.0 Å². The zero-order valence-electron chi connectivity index (χ0n) is 14.5. The first-order valence-corrected chi connectivity index (χ1v) is 9.55. The highest BCUT2D eigenvalue weighted by Gasteiger charge is 2.13. The Morgan fingerprint density at radius 1 is 1.23 bits per heavy atom. The van der Waals surface area contributed by atoms with E-state index in [1.807, 2.05) is 19.1 Å². The van der Waals surface area contributed by atoms with Crippen LogP contribution in [-0.2, 0) is 13.2 Å². The zero-order valence-corrected chi connectivity index (χ0v) is 16.9. The molecule has 0 fully saturated rings. The average Bonchev–Trinajstić information content (AvgIpc) is 2.60. The summed E-state index contributed by atoms with van der Waals surface area (Å²) in [7, 11) is 0. The summed E-state index contributed by atoms with van der Waals surface area (Å²) < 4.78 is 25.5. The van der Waals surface area contributed by atoms with Gasteiger partial charge in [-0.25, -0.2) is 4.39 Å². The standard InChI is InChI=1S/C19H22BrClFNO3/c1-2-25-18-9-13(11-23-6-3-7-24)8-16(20)19(18)26-12-14-4-5-15(22)10-17(14)21/h4-5,8-10,23-24H,2-3,6-7,11-12H2,1H3. The maximum Gasteiger partial charge on any atom is 0.175 e. The molecule has 0 bridgehead atoms. The molecule has 0 unspecified atom stereocenters. The second-order valence-electron chi connectivity index (χ2n) is 5.62. The number of rotatable bonds is 10. The second-order valence-corrected chi connectivity index (χ2v) is 6.88. The normalized spacial score (nSPS) is 10.8. The van der Waals surface area contributed by atoms with Crippen LogP contribution in [-0.4, -0.2) is 24.9 Å². The van der Waals surface area contributed by atoms with E-state index in [1.165, 1.54) is 12.1 Å². The average molecular weight is 447 g/mol. The Bertz CT molecular complexity index is 730. The van der Waals surface area contributed by atoms with Crippen LogP contribution in [0, 0.1) is 5.82 Å². The molecule has 0 saturated carbocycles. The Hall–Kier alpha value is -1.34. The summed E-state index contributed by atoms with van der Waals surface area (Å²) in [5.41, 5.74) is 1.72. The van der Waals surface area contributed by atoms with Crippen LogP contribution in [0.1, 0.15) is 24.5 Å². The molecule has 2 N–H and O–H groups in total. The summed E-state index contributed by atoms with van der Waals surface area (Å²) >= 11 is 9.58. The van der Waals surface area contributed by atoms with E-state index in [4.69, 9.17) is 26.2 Å². The molecule has 2 aromatic carbocycles. The fraction of sp³-hybridized carbons (Fsp3) is 0.368. The maximum atomic E-state index is 13.2. The Morgan fingerprint density at radius 3 is 2.73 bits per heavy atom. The van der Waals surface area contributed by atoms with E-state index in [-0.39, 0.29) is 19.0 Å². The van der Waals surface area contributed by atoms with Gasteiger partial charge in [-0.3, -0.25) is 0 Å². The minimum absolute atomic E-state index is 0.166. The van der Waals surface area contributed by atoms with E-state index >= 15 is 0 Å². The van der Waals surface area contributed by atoms with Gasteiger partial charge in [0.05, 0.1) is 16.1 Å². The summed E-state index contributed by atoms with van der Waals surface area (Å²) in [6, 6.07) is 8.09. The van der Waals surface area contributed by atoms with Gasteiger partial charge in [0, 0.05) is 18.7 Å². The number of hydrogen-bond acceptors (Lipinski definition) is 4. The molecule has 0 aromatic heterocycles. The molecule has 4 nitrogen and oxygen atoms in total. The lowest BCUT2D eigenvalue weighted by Crippen LogP contribution is -2.16. The van der Waals surface area contributed by atoms with Gasteiger partial charge in [-0.15, -0.1) is 0 Å². The highest BCUT2D eigenvalue weighted by atomic mass is 79.9. The molecule has 2 rings (SSSR count). The summed E-state index contributed by atoms with van der Waals surface area (Å²) in [5, 5.41) is 12.4. The molecule has 2 aromatic rings.